The van der Waals surface area contributed by atoms with Crippen LogP contribution in [-0.4, -0.2) is 48.8 Å². The number of morpholine rings is 1. The van der Waals surface area contributed by atoms with E-state index in [9.17, 15) is 0 Å². The lowest BCUT2D eigenvalue weighted by Crippen LogP contribution is -2.42. The molecule has 1 unspecified atom stereocenters. The van der Waals surface area contributed by atoms with E-state index in [2.05, 4.69) is 38.1 Å². The van der Waals surface area contributed by atoms with Crippen LogP contribution in [0.1, 0.15) is 6.92 Å². The molecule has 1 N–H and O–H groups in total. The number of nitrogens with zero attached hydrogens (tertiary/aromatic N) is 2. The van der Waals surface area contributed by atoms with Gasteiger partial charge < -0.3 is 10.1 Å². The molecule has 1 fully saturated rings. The highest BCUT2D eigenvalue weighted by Gasteiger charge is 2.14. The van der Waals surface area contributed by atoms with E-state index < -0.39 is 0 Å². The molecule has 0 spiro atoms. The van der Waals surface area contributed by atoms with Crippen molar-refractivity contribution >= 4 is 33.3 Å². The quantitative estimate of drug-likeness (QED) is 0.918. The summed E-state index contributed by atoms with van der Waals surface area (Å²) in [6, 6.07) is 2.15. The largest absolute Gasteiger partial charge is 0.379 e. The third kappa shape index (κ3) is 4.09. The second-order valence-corrected chi connectivity index (χ2v) is 5.77. The molecule has 1 aromatic heterocycles. The second-order valence-electron chi connectivity index (χ2n) is 4.44. The number of rotatable bonds is 4. The van der Waals surface area contributed by atoms with Gasteiger partial charge in [0.05, 0.1) is 18.2 Å². The van der Waals surface area contributed by atoms with Crippen LogP contribution in [0.4, 0.5) is 5.82 Å². The maximum atomic E-state index is 6.13. The Kier molecular flexibility index (Phi) is 5.24. The zero-order valence-corrected chi connectivity index (χ0v) is 12.7. The smallest absolute Gasteiger partial charge is 0.145 e. The topological polar surface area (TPSA) is 37.4 Å². The monoisotopic (exact) mass is 333 g/mol. The van der Waals surface area contributed by atoms with Crippen molar-refractivity contribution in [3.8, 4) is 0 Å². The third-order valence-corrected chi connectivity index (χ3v) is 3.55. The van der Waals surface area contributed by atoms with E-state index in [1.807, 2.05) is 6.07 Å². The molecule has 2 heterocycles. The Bertz CT molecular complexity index is 399. The molecule has 6 heteroatoms. The average molecular weight is 335 g/mol. The molecule has 0 radical (unpaired) electrons. The van der Waals surface area contributed by atoms with Crippen LogP contribution in [0.3, 0.4) is 0 Å². The summed E-state index contributed by atoms with van der Waals surface area (Å²) in [5.74, 6) is 0.737. The molecule has 0 saturated carbocycles. The summed E-state index contributed by atoms with van der Waals surface area (Å²) in [4.78, 5) is 6.66. The summed E-state index contributed by atoms with van der Waals surface area (Å²) in [6.07, 6.45) is 1.75. The minimum atomic E-state index is 0.300. The number of hydrogen-bond donors (Lipinski definition) is 1. The van der Waals surface area contributed by atoms with E-state index in [1.54, 1.807) is 6.20 Å². The maximum Gasteiger partial charge on any atom is 0.145 e. The van der Waals surface area contributed by atoms with E-state index in [4.69, 9.17) is 16.3 Å². The van der Waals surface area contributed by atoms with Gasteiger partial charge in [0.2, 0.25) is 0 Å². The summed E-state index contributed by atoms with van der Waals surface area (Å²) in [5.41, 5.74) is 0. The molecule has 2 rings (SSSR count). The van der Waals surface area contributed by atoms with Crippen molar-refractivity contribution in [3.05, 3.63) is 21.8 Å². The molecule has 1 saturated heterocycles. The number of anilines is 1. The van der Waals surface area contributed by atoms with Crippen molar-refractivity contribution < 1.29 is 4.74 Å². The number of nitrogens with one attached hydrogen (secondary N) is 1. The molecular formula is C12H17BrClN3O. The summed E-state index contributed by atoms with van der Waals surface area (Å²) < 4.78 is 6.22. The van der Waals surface area contributed by atoms with E-state index in [-0.39, 0.29) is 0 Å². The van der Waals surface area contributed by atoms with Crippen LogP contribution in [0.25, 0.3) is 0 Å². The van der Waals surface area contributed by atoms with E-state index in [1.165, 1.54) is 0 Å². The van der Waals surface area contributed by atoms with Gasteiger partial charge in [-0.3, -0.25) is 4.90 Å². The Balaban J connectivity index is 1.87. The van der Waals surface area contributed by atoms with Gasteiger partial charge in [-0.2, -0.15) is 0 Å². The first-order valence-corrected chi connectivity index (χ1v) is 7.20. The summed E-state index contributed by atoms with van der Waals surface area (Å²) >= 11 is 9.47. The van der Waals surface area contributed by atoms with Gasteiger partial charge in [0.25, 0.3) is 0 Å². The lowest BCUT2D eigenvalue weighted by atomic mass is 10.3. The molecule has 100 valence electrons. The first-order chi connectivity index (χ1) is 8.65. The van der Waals surface area contributed by atoms with Crippen molar-refractivity contribution in [1.82, 2.24) is 9.88 Å². The van der Waals surface area contributed by atoms with Crippen LogP contribution in [0.5, 0.6) is 0 Å². The lowest BCUT2D eigenvalue weighted by Gasteiger charge is -2.29. The van der Waals surface area contributed by atoms with E-state index in [0.29, 0.717) is 11.1 Å². The fraction of sp³-hybridized carbons (Fsp3) is 0.583. The second kappa shape index (κ2) is 6.70. The van der Waals surface area contributed by atoms with Gasteiger partial charge in [-0.05, 0) is 28.9 Å². The molecule has 4 nitrogen and oxygen atoms in total. The molecule has 1 aromatic rings. The Morgan fingerprint density at radius 1 is 1.56 bits per heavy atom. The predicted octanol–water partition coefficient (Wildman–Crippen LogP) is 2.63. The van der Waals surface area contributed by atoms with Crippen LogP contribution in [0.15, 0.2) is 16.7 Å². The highest BCUT2D eigenvalue weighted by atomic mass is 79.9. The summed E-state index contributed by atoms with van der Waals surface area (Å²) in [5, 5.41) is 3.98. The Hall–Kier alpha value is -0.360. The van der Waals surface area contributed by atoms with Crippen LogP contribution in [0.2, 0.25) is 5.02 Å². The van der Waals surface area contributed by atoms with Gasteiger partial charge in [-0.25, -0.2) is 4.98 Å². The first kappa shape index (κ1) is 14.1. The van der Waals surface area contributed by atoms with Crippen LogP contribution >= 0.6 is 27.5 Å². The molecule has 18 heavy (non-hydrogen) atoms. The van der Waals surface area contributed by atoms with Crippen LogP contribution in [0, 0.1) is 0 Å². The SMILES string of the molecule is CC(CN1CCOCC1)Nc1ncc(Br)cc1Cl. The molecule has 1 aliphatic heterocycles. The van der Waals surface area contributed by atoms with Crippen molar-refractivity contribution in [2.75, 3.05) is 38.2 Å². The molecule has 1 atom stereocenters. The molecule has 0 bridgehead atoms. The minimum absolute atomic E-state index is 0.300. The number of halogens is 2. The molecular weight excluding hydrogens is 318 g/mol. The van der Waals surface area contributed by atoms with Gasteiger partial charge in [0.15, 0.2) is 0 Å². The number of aromatic nitrogens is 1. The lowest BCUT2D eigenvalue weighted by molar-refractivity contribution is 0.0368. The maximum absolute atomic E-state index is 6.13. The van der Waals surface area contributed by atoms with Gasteiger partial charge >= 0.3 is 0 Å². The van der Waals surface area contributed by atoms with Crippen LogP contribution < -0.4 is 5.32 Å². The Morgan fingerprint density at radius 2 is 2.28 bits per heavy atom. The third-order valence-electron chi connectivity index (χ3n) is 2.83. The van der Waals surface area contributed by atoms with Crippen LogP contribution in [-0.2, 0) is 4.74 Å². The highest BCUT2D eigenvalue weighted by molar-refractivity contribution is 9.10. The molecule has 0 aliphatic carbocycles. The highest BCUT2D eigenvalue weighted by Crippen LogP contribution is 2.23. The fourth-order valence-corrected chi connectivity index (χ4v) is 2.65. The van der Waals surface area contributed by atoms with Gasteiger partial charge in [-0.1, -0.05) is 11.6 Å². The van der Waals surface area contributed by atoms with Crippen molar-refractivity contribution in [1.29, 1.82) is 0 Å². The van der Waals surface area contributed by atoms with E-state index in [0.717, 1.165) is 43.1 Å². The van der Waals surface area contributed by atoms with Gasteiger partial charge in [-0.15, -0.1) is 0 Å². The fourth-order valence-electron chi connectivity index (χ4n) is 1.97. The summed E-state index contributed by atoms with van der Waals surface area (Å²) in [6.45, 7) is 6.74. The molecule has 1 aliphatic rings. The zero-order chi connectivity index (χ0) is 13.0. The predicted molar refractivity (Wildman–Crippen MR) is 77.3 cm³/mol. The van der Waals surface area contributed by atoms with Crippen molar-refractivity contribution in [2.24, 2.45) is 0 Å². The van der Waals surface area contributed by atoms with Gasteiger partial charge in [0.1, 0.15) is 5.82 Å². The van der Waals surface area contributed by atoms with Gasteiger partial charge in [0, 0.05) is 36.3 Å². The number of ether oxygens (including phenoxy) is 1. The molecule has 0 aromatic carbocycles. The standard InChI is InChI=1S/C12H17BrClN3O/c1-9(8-17-2-4-18-5-3-17)16-12-11(14)6-10(13)7-15-12/h6-7,9H,2-5,8H2,1H3,(H,15,16). The van der Waals surface area contributed by atoms with E-state index >= 15 is 0 Å². The Labute approximate surface area is 121 Å². The number of hydrogen-bond acceptors (Lipinski definition) is 4. The minimum Gasteiger partial charge on any atom is -0.379 e. The first-order valence-electron chi connectivity index (χ1n) is 6.03. The number of pyridine rings is 1. The van der Waals surface area contributed by atoms with Crippen molar-refractivity contribution in [3.63, 3.8) is 0 Å². The zero-order valence-electron chi connectivity index (χ0n) is 10.3. The normalized spacial score (nSPS) is 18.6. The molecule has 0 amide bonds. The summed E-state index contributed by atoms with van der Waals surface area (Å²) in [7, 11) is 0. The average Bonchev–Trinajstić information content (AvgIpc) is 2.34. The van der Waals surface area contributed by atoms with Crippen molar-refractivity contribution in [2.45, 2.75) is 13.0 Å². The Morgan fingerprint density at radius 3 is 2.94 bits per heavy atom.